The summed E-state index contributed by atoms with van der Waals surface area (Å²) in [5, 5.41) is 4.21. The minimum absolute atomic E-state index is 0.157. The van der Waals surface area contributed by atoms with Crippen LogP contribution in [0.15, 0.2) is 0 Å². The highest BCUT2D eigenvalue weighted by Crippen LogP contribution is 2.23. The van der Waals surface area contributed by atoms with Gasteiger partial charge in [0.05, 0.1) is 10.5 Å². The third-order valence-electron chi connectivity index (χ3n) is 3.53. The Labute approximate surface area is 137 Å². The van der Waals surface area contributed by atoms with E-state index in [4.69, 9.17) is 0 Å². The van der Waals surface area contributed by atoms with E-state index in [1.54, 1.807) is 23.5 Å². The first-order valence-electron chi connectivity index (χ1n) is 7.47. The standard InChI is InChI=1S/C14H20N2O4S2/c17-11-7-9(13(19)15-11)21-5-3-1-2-4-6-22-10-8-12(18)16-14(10)20/h9-10H,1-8H2,(H,15,17,19)(H,16,18,20). The molecule has 8 heteroatoms. The van der Waals surface area contributed by atoms with Crippen molar-refractivity contribution in [1.82, 2.24) is 10.6 Å². The van der Waals surface area contributed by atoms with Crippen LogP contribution in [0.25, 0.3) is 0 Å². The average molecular weight is 344 g/mol. The highest BCUT2D eigenvalue weighted by molar-refractivity contribution is 8.00. The number of imide groups is 2. The molecule has 0 bridgehead atoms. The number of carbonyl (C=O) groups is 4. The van der Waals surface area contributed by atoms with Gasteiger partial charge in [-0.1, -0.05) is 12.8 Å². The largest absolute Gasteiger partial charge is 0.295 e. The van der Waals surface area contributed by atoms with Crippen molar-refractivity contribution in [3.8, 4) is 0 Å². The van der Waals surface area contributed by atoms with Gasteiger partial charge < -0.3 is 0 Å². The Balaban J connectivity index is 1.43. The number of hydrogen-bond donors (Lipinski definition) is 2. The van der Waals surface area contributed by atoms with Gasteiger partial charge in [-0.05, 0) is 24.3 Å². The molecule has 2 atom stereocenters. The van der Waals surface area contributed by atoms with Crippen molar-refractivity contribution >= 4 is 47.2 Å². The van der Waals surface area contributed by atoms with E-state index in [9.17, 15) is 19.2 Å². The third-order valence-corrected chi connectivity index (χ3v) is 6.14. The van der Waals surface area contributed by atoms with E-state index in [2.05, 4.69) is 10.6 Å². The van der Waals surface area contributed by atoms with Gasteiger partial charge in [-0.2, -0.15) is 0 Å². The van der Waals surface area contributed by atoms with E-state index in [1.807, 2.05) is 0 Å². The fourth-order valence-electron chi connectivity index (χ4n) is 2.34. The molecule has 0 aromatic heterocycles. The minimum Gasteiger partial charge on any atom is -0.295 e. The molecule has 2 unspecified atom stereocenters. The zero-order chi connectivity index (χ0) is 15.9. The zero-order valence-electron chi connectivity index (χ0n) is 12.3. The van der Waals surface area contributed by atoms with E-state index in [1.165, 1.54) is 0 Å². The molecule has 2 rings (SSSR count). The lowest BCUT2D eigenvalue weighted by molar-refractivity contribution is -0.126. The Hall–Kier alpha value is -1.02. The second-order valence-electron chi connectivity index (χ2n) is 5.37. The van der Waals surface area contributed by atoms with Gasteiger partial charge in [0.15, 0.2) is 0 Å². The van der Waals surface area contributed by atoms with Gasteiger partial charge in [0.25, 0.3) is 0 Å². The Morgan fingerprint density at radius 3 is 1.45 bits per heavy atom. The normalized spacial score (nSPS) is 24.7. The Bertz CT molecular complexity index is 428. The second-order valence-corrected chi connectivity index (χ2v) is 7.99. The molecule has 2 fully saturated rings. The Kier molecular flexibility index (Phi) is 6.75. The van der Waals surface area contributed by atoms with Crippen LogP contribution in [-0.2, 0) is 19.2 Å². The van der Waals surface area contributed by atoms with Crippen LogP contribution >= 0.6 is 23.5 Å². The summed E-state index contributed by atoms with van der Waals surface area (Å²) in [5.74, 6) is 1.12. The van der Waals surface area contributed by atoms with Crippen LogP contribution in [-0.4, -0.2) is 45.6 Å². The molecule has 0 aromatic carbocycles. The first-order chi connectivity index (χ1) is 10.6. The number of unbranched alkanes of at least 4 members (excludes halogenated alkanes) is 3. The Morgan fingerprint density at radius 2 is 1.14 bits per heavy atom. The first kappa shape index (κ1) is 17.3. The minimum atomic E-state index is -0.207. The topological polar surface area (TPSA) is 92.3 Å². The van der Waals surface area contributed by atoms with Crippen molar-refractivity contribution < 1.29 is 19.2 Å². The molecule has 2 heterocycles. The van der Waals surface area contributed by atoms with Crippen LogP contribution in [0, 0.1) is 0 Å². The average Bonchev–Trinajstić information content (AvgIpc) is 2.94. The summed E-state index contributed by atoms with van der Waals surface area (Å²) < 4.78 is 0. The second kappa shape index (κ2) is 8.57. The quantitative estimate of drug-likeness (QED) is 0.476. The smallest absolute Gasteiger partial charge is 0.240 e. The van der Waals surface area contributed by atoms with Crippen molar-refractivity contribution in [3.63, 3.8) is 0 Å². The molecule has 2 N–H and O–H groups in total. The van der Waals surface area contributed by atoms with Crippen molar-refractivity contribution in [2.75, 3.05) is 11.5 Å². The van der Waals surface area contributed by atoms with Crippen molar-refractivity contribution in [2.24, 2.45) is 0 Å². The number of hydrogen-bond acceptors (Lipinski definition) is 6. The Morgan fingerprint density at radius 1 is 0.727 bits per heavy atom. The van der Waals surface area contributed by atoms with E-state index in [0.717, 1.165) is 37.2 Å². The molecule has 22 heavy (non-hydrogen) atoms. The molecule has 0 aliphatic carbocycles. The molecule has 122 valence electrons. The predicted octanol–water partition coefficient (Wildman–Crippen LogP) is 0.843. The monoisotopic (exact) mass is 344 g/mol. The fourth-order valence-corrected chi connectivity index (χ4v) is 4.61. The number of nitrogens with one attached hydrogen (secondary N) is 2. The lowest BCUT2D eigenvalue weighted by Crippen LogP contribution is -2.23. The fraction of sp³-hybridized carbons (Fsp3) is 0.714. The highest BCUT2D eigenvalue weighted by atomic mass is 32.2. The van der Waals surface area contributed by atoms with Crippen molar-refractivity contribution in [1.29, 1.82) is 0 Å². The molecule has 0 radical (unpaired) electrons. The predicted molar refractivity (Wildman–Crippen MR) is 86.5 cm³/mol. The lowest BCUT2D eigenvalue weighted by atomic mass is 10.2. The summed E-state index contributed by atoms with van der Waals surface area (Å²) >= 11 is 3.10. The lowest BCUT2D eigenvalue weighted by Gasteiger charge is -2.07. The molecular formula is C14H20N2O4S2. The van der Waals surface area contributed by atoms with E-state index in [-0.39, 0.29) is 34.1 Å². The van der Waals surface area contributed by atoms with Gasteiger partial charge in [-0.25, -0.2) is 0 Å². The van der Waals surface area contributed by atoms with Gasteiger partial charge >= 0.3 is 0 Å². The van der Waals surface area contributed by atoms with E-state index >= 15 is 0 Å². The summed E-state index contributed by atoms with van der Waals surface area (Å²) in [6.45, 7) is 0. The third kappa shape index (κ3) is 5.31. The molecule has 6 nitrogen and oxygen atoms in total. The van der Waals surface area contributed by atoms with Crippen LogP contribution in [0.5, 0.6) is 0 Å². The molecule has 2 aliphatic rings. The number of rotatable bonds is 9. The summed E-state index contributed by atoms with van der Waals surface area (Å²) in [7, 11) is 0. The van der Waals surface area contributed by atoms with Gasteiger partial charge in [0, 0.05) is 12.8 Å². The number of carbonyl (C=O) groups excluding carboxylic acids is 4. The van der Waals surface area contributed by atoms with Crippen LogP contribution in [0.3, 0.4) is 0 Å². The maximum atomic E-state index is 11.4. The number of thioether (sulfide) groups is 2. The molecule has 2 saturated heterocycles. The summed E-state index contributed by atoms with van der Waals surface area (Å²) in [4.78, 5) is 44.8. The summed E-state index contributed by atoms with van der Waals surface area (Å²) in [6, 6.07) is 0. The molecular weight excluding hydrogens is 324 g/mol. The van der Waals surface area contributed by atoms with Crippen molar-refractivity contribution in [2.45, 2.75) is 49.0 Å². The summed E-state index contributed by atoms with van der Waals surface area (Å²) in [5.41, 5.74) is 0. The highest BCUT2D eigenvalue weighted by Gasteiger charge is 2.31. The molecule has 0 saturated carbocycles. The van der Waals surface area contributed by atoms with Gasteiger partial charge in [0.1, 0.15) is 0 Å². The number of amides is 4. The van der Waals surface area contributed by atoms with Gasteiger partial charge in [-0.3, -0.25) is 29.8 Å². The maximum Gasteiger partial charge on any atom is 0.240 e. The van der Waals surface area contributed by atoms with Gasteiger partial charge in [-0.15, -0.1) is 23.5 Å². The van der Waals surface area contributed by atoms with Crippen LogP contribution < -0.4 is 10.6 Å². The van der Waals surface area contributed by atoms with E-state index in [0.29, 0.717) is 12.8 Å². The summed E-state index contributed by atoms with van der Waals surface area (Å²) in [6.07, 6.45) is 4.81. The van der Waals surface area contributed by atoms with Crippen LogP contribution in [0.4, 0.5) is 0 Å². The van der Waals surface area contributed by atoms with Crippen LogP contribution in [0.2, 0.25) is 0 Å². The van der Waals surface area contributed by atoms with Crippen LogP contribution in [0.1, 0.15) is 38.5 Å². The van der Waals surface area contributed by atoms with Gasteiger partial charge in [0.2, 0.25) is 23.6 Å². The molecule has 0 aromatic rings. The SMILES string of the molecule is O=C1CC(SCCCCCCSC2CC(=O)NC2=O)C(=O)N1. The molecule has 2 aliphatic heterocycles. The first-order valence-corrected chi connectivity index (χ1v) is 9.56. The van der Waals surface area contributed by atoms with E-state index < -0.39 is 0 Å². The maximum absolute atomic E-state index is 11.4. The molecule has 4 amide bonds. The van der Waals surface area contributed by atoms with Crippen molar-refractivity contribution in [3.05, 3.63) is 0 Å². The molecule has 0 spiro atoms. The zero-order valence-corrected chi connectivity index (χ0v) is 13.9.